The van der Waals surface area contributed by atoms with E-state index >= 15 is 0 Å². The summed E-state index contributed by atoms with van der Waals surface area (Å²) in [7, 11) is 0. The Morgan fingerprint density at radius 2 is 1.83 bits per heavy atom. The molecular weight excluding hydrogens is 474 g/mol. The Hall–Kier alpha value is -2.59. The molecule has 1 heterocycles. The standard InChI is InChI=1S/C20H20BrN3O5S/c21-18-14(10-17(27)28)22-20(30-18)23-15(25)11-16(26)24(13-8-2-1-3-9-13)19(29)12-6-4-5-7-12/h1-3,8-9,12H,4-7,10-11H2,(H,27,28)(H,22,23,25). The van der Waals surface area contributed by atoms with Crippen molar-refractivity contribution in [2.24, 2.45) is 5.92 Å². The van der Waals surface area contributed by atoms with Crippen LogP contribution in [0.4, 0.5) is 10.8 Å². The molecule has 0 saturated heterocycles. The van der Waals surface area contributed by atoms with Crippen molar-refractivity contribution in [3.63, 3.8) is 0 Å². The van der Waals surface area contributed by atoms with Crippen LogP contribution in [0.25, 0.3) is 0 Å². The predicted molar refractivity (Wildman–Crippen MR) is 115 cm³/mol. The first-order chi connectivity index (χ1) is 14.3. The summed E-state index contributed by atoms with van der Waals surface area (Å²) in [6.45, 7) is 0. The maximum absolute atomic E-state index is 13.0. The summed E-state index contributed by atoms with van der Waals surface area (Å²) >= 11 is 4.28. The molecule has 0 aliphatic heterocycles. The molecule has 2 N–H and O–H groups in total. The molecular formula is C20H20BrN3O5S. The Balaban J connectivity index is 1.71. The molecule has 1 saturated carbocycles. The maximum atomic E-state index is 13.0. The normalized spacial score (nSPS) is 13.8. The topological polar surface area (TPSA) is 117 Å². The fourth-order valence-corrected chi connectivity index (χ4v) is 4.76. The predicted octanol–water partition coefficient (Wildman–Crippen LogP) is 3.61. The molecule has 0 unspecified atom stereocenters. The Morgan fingerprint density at radius 3 is 2.47 bits per heavy atom. The Kier molecular flexibility index (Phi) is 7.33. The van der Waals surface area contributed by atoms with Gasteiger partial charge in [-0.2, -0.15) is 0 Å². The highest BCUT2D eigenvalue weighted by Crippen LogP contribution is 2.30. The van der Waals surface area contributed by atoms with E-state index in [0.717, 1.165) is 41.9 Å². The van der Waals surface area contributed by atoms with Crippen molar-refractivity contribution in [1.82, 2.24) is 4.98 Å². The highest BCUT2D eigenvalue weighted by atomic mass is 79.9. The molecule has 3 rings (SSSR count). The average molecular weight is 494 g/mol. The minimum atomic E-state index is -1.04. The zero-order valence-electron chi connectivity index (χ0n) is 16.0. The largest absolute Gasteiger partial charge is 0.481 e. The van der Waals surface area contributed by atoms with Crippen molar-refractivity contribution < 1.29 is 24.3 Å². The van der Waals surface area contributed by atoms with E-state index in [1.54, 1.807) is 30.3 Å². The lowest BCUT2D eigenvalue weighted by atomic mass is 10.1. The second-order valence-corrected chi connectivity index (χ2v) is 9.24. The number of halogens is 1. The first-order valence-corrected chi connectivity index (χ1v) is 11.0. The number of anilines is 2. The monoisotopic (exact) mass is 493 g/mol. The summed E-state index contributed by atoms with van der Waals surface area (Å²) in [4.78, 5) is 54.3. The van der Waals surface area contributed by atoms with Crippen molar-refractivity contribution in [1.29, 1.82) is 0 Å². The maximum Gasteiger partial charge on any atom is 0.309 e. The van der Waals surface area contributed by atoms with Gasteiger partial charge in [-0.25, -0.2) is 9.88 Å². The van der Waals surface area contributed by atoms with E-state index in [2.05, 4.69) is 26.2 Å². The van der Waals surface area contributed by atoms with Crippen LogP contribution in [0.5, 0.6) is 0 Å². The van der Waals surface area contributed by atoms with Crippen molar-refractivity contribution >= 4 is 61.8 Å². The lowest BCUT2D eigenvalue weighted by Crippen LogP contribution is -2.41. The summed E-state index contributed by atoms with van der Waals surface area (Å²) in [6.07, 6.45) is 2.56. The lowest BCUT2D eigenvalue weighted by Gasteiger charge is -2.23. The lowest BCUT2D eigenvalue weighted by molar-refractivity contribution is -0.136. The number of carbonyl (C=O) groups is 4. The van der Waals surface area contributed by atoms with Gasteiger partial charge in [0.25, 0.3) is 0 Å². The minimum absolute atomic E-state index is 0.185. The number of aliphatic carboxylic acids is 1. The number of carboxylic acid groups (broad SMARTS) is 1. The number of carboxylic acids is 1. The smallest absolute Gasteiger partial charge is 0.309 e. The second kappa shape index (κ2) is 9.94. The molecule has 158 valence electrons. The molecule has 8 nitrogen and oxygen atoms in total. The fourth-order valence-electron chi connectivity index (χ4n) is 3.35. The van der Waals surface area contributed by atoms with Gasteiger partial charge in [0.1, 0.15) is 6.42 Å². The highest BCUT2D eigenvalue weighted by molar-refractivity contribution is 9.11. The van der Waals surface area contributed by atoms with Gasteiger partial charge >= 0.3 is 5.97 Å². The Bertz CT molecular complexity index is 957. The first kappa shape index (κ1) is 22.1. The number of rotatable bonds is 7. The van der Waals surface area contributed by atoms with Gasteiger partial charge in [0.05, 0.1) is 21.6 Å². The molecule has 30 heavy (non-hydrogen) atoms. The third kappa shape index (κ3) is 5.51. The van der Waals surface area contributed by atoms with E-state index in [0.29, 0.717) is 9.47 Å². The van der Waals surface area contributed by atoms with Crippen molar-refractivity contribution in [2.75, 3.05) is 10.2 Å². The molecule has 1 aliphatic rings. The van der Waals surface area contributed by atoms with Crippen molar-refractivity contribution in [3.05, 3.63) is 39.8 Å². The number of thiazole rings is 1. The van der Waals surface area contributed by atoms with E-state index in [4.69, 9.17) is 5.11 Å². The quantitative estimate of drug-likeness (QED) is 0.568. The molecule has 0 bridgehead atoms. The van der Waals surface area contributed by atoms with Crippen LogP contribution in [0.1, 0.15) is 37.8 Å². The molecule has 10 heteroatoms. The van der Waals surface area contributed by atoms with Gasteiger partial charge < -0.3 is 10.4 Å². The molecule has 0 atom stereocenters. The third-order valence-electron chi connectivity index (χ3n) is 4.72. The second-order valence-electron chi connectivity index (χ2n) is 6.92. The van der Waals surface area contributed by atoms with E-state index in [1.165, 1.54) is 0 Å². The minimum Gasteiger partial charge on any atom is -0.481 e. The van der Waals surface area contributed by atoms with E-state index in [1.807, 2.05) is 0 Å². The molecule has 0 radical (unpaired) electrons. The number of nitrogens with one attached hydrogen (secondary N) is 1. The van der Waals surface area contributed by atoms with Crippen LogP contribution in [-0.4, -0.2) is 33.8 Å². The molecule has 1 aromatic carbocycles. The summed E-state index contributed by atoms with van der Waals surface area (Å²) in [5.74, 6) is -2.78. The third-order valence-corrected chi connectivity index (χ3v) is 6.46. The number of hydrogen-bond acceptors (Lipinski definition) is 6. The van der Waals surface area contributed by atoms with Crippen LogP contribution < -0.4 is 10.2 Å². The van der Waals surface area contributed by atoms with Gasteiger partial charge in [0, 0.05) is 5.92 Å². The van der Waals surface area contributed by atoms with E-state index in [-0.39, 0.29) is 29.1 Å². The molecule has 1 aromatic heterocycles. The Labute approximate surface area is 185 Å². The van der Waals surface area contributed by atoms with Crippen LogP contribution in [0, 0.1) is 5.92 Å². The van der Waals surface area contributed by atoms with Crippen LogP contribution in [-0.2, 0) is 25.6 Å². The number of para-hydroxylation sites is 1. The molecule has 0 spiro atoms. The van der Waals surface area contributed by atoms with Crippen molar-refractivity contribution in [2.45, 2.75) is 38.5 Å². The van der Waals surface area contributed by atoms with E-state index < -0.39 is 24.2 Å². The van der Waals surface area contributed by atoms with Crippen molar-refractivity contribution in [3.8, 4) is 0 Å². The number of nitrogens with zero attached hydrogens (tertiary/aromatic N) is 2. The number of carbonyl (C=O) groups excluding carboxylic acids is 3. The summed E-state index contributed by atoms with van der Waals surface area (Å²) in [5, 5.41) is 11.6. The van der Waals surface area contributed by atoms with E-state index in [9.17, 15) is 19.2 Å². The number of imide groups is 1. The molecule has 3 amide bonds. The molecule has 1 aliphatic carbocycles. The van der Waals surface area contributed by atoms with Gasteiger partial charge in [0.2, 0.25) is 17.7 Å². The Morgan fingerprint density at radius 1 is 1.17 bits per heavy atom. The van der Waals surface area contributed by atoms with Gasteiger partial charge in [-0.15, -0.1) is 0 Å². The number of aromatic nitrogens is 1. The van der Waals surface area contributed by atoms with Gasteiger partial charge in [0.15, 0.2) is 5.13 Å². The number of hydrogen-bond donors (Lipinski definition) is 2. The van der Waals surface area contributed by atoms with Crippen LogP contribution in [0.3, 0.4) is 0 Å². The highest BCUT2D eigenvalue weighted by Gasteiger charge is 2.32. The molecule has 1 fully saturated rings. The zero-order valence-corrected chi connectivity index (χ0v) is 18.4. The van der Waals surface area contributed by atoms with Crippen LogP contribution in [0.2, 0.25) is 0 Å². The zero-order chi connectivity index (χ0) is 21.7. The van der Waals surface area contributed by atoms with Gasteiger partial charge in [-0.1, -0.05) is 42.4 Å². The number of benzene rings is 1. The van der Waals surface area contributed by atoms with Gasteiger partial charge in [-0.05, 0) is 40.9 Å². The average Bonchev–Trinajstić information content (AvgIpc) is 3.33. The first-order valence-electron chi connectivity index (χ1n) is 9.44. The summed E-state index contributed by atoms with van der Waals surface area (Å²) in [5.41, 5.74) is 0.726. The van der Waals surface area contributed by atoms with Crippen LogP contribution in [0.15, 0.2) is 34.1 Å². The SMILES string of the molecule is O=C(O)Cc1nc(NC(=O)CC(=O)N(C(=O)C2CCCC2)c2ccccc2)sc1Br. The molecule has 2 aromatic rings. The fraction of sp³-hybridized carbons (Fsp3) is 0.350. The number of amides is 3. The van der Waals surface area contributed by atoms with Crippen LogP contribution >= 0.6 is 27.3 Å². The summed E-state index contributed by atoms with van der Waals surface area (Å²) in [6, 6.07) is 8.58. The summed E-state index contributed by atoms with van der Waals surface area (Å²) < 4.78 is 0.494. The van der Waals surface area contributed by atoms with Gasteiger partial charge in [-0.3, -0.25) is 19.2 Å².